The Hall–Kier alpha value is 0. The van der Waals surface area contributed by atoms with E-state index in [1.165, 1.54) is 0 Å². The highest BCUT2D eigenvalue weighted by Crippen LogP contribution is 2.54. The fourth-order valence-corrected chi connectivity index (χ4v) is 2.63. The SMILES string of the molecule is CC(C)C1C(C)C1C(C)C. The molecule has 0 spiro atoms. The fraction of sp³-hybridized carbons (Fsp3) is 1.00. The van der Waals surface area contributed by atoms with Crippen LogP contribution in [-0.4, -0.2) is 0 Å². The summed E-state index contributed by atoms with van der Waals surface area (Å²) in [7, 11) is 0. The van der Waals surface area contributed by atoms with Crippen LogP contribution >= 0.6 is 0 Å². The summed E-state index contributed by atoms with van der Waals surface area (Å²) in [6.07, 6.45) is 0. The lowest BCUT2D eigenvalue weighted by molar-refractivity contribution is 0.448. The minimum absolute atomic E-state index is 0.905. The maximum absolute atomic E-state index is 2.40. The van der Waals surface area contributed by atoms with E-state index in [9.17, 15) is 0 Å². The lowest BCUT2D eigenvalue weighted by atomic mass is 10.0. The Labute approximate surface area is 65.0 Å². The molecule has 1 aliphatic carbocycles. The van der Waals surface area contributed by atoms with Crippen LogP contribution in [0.15, 0.2) is 0 Å². The smallest absolute Gasteiger partial charge is 0.0329 e. The Morgan fingerprint density at radius 1 is 0.800 bits per heavy atom. The fourth-order valence-electron chi connectivity index (χ4n) is 2.63. The third-order valence-electron chi connectivity index (χ3n) is 3.06. The van der Waals surface area contributed by atoms with Crippen molar-refractivity contribution >= 4 is 0 Å². The van der Waals surface area contributed by atoms with E-state index in [1.54, 1.807) is 0 Å². The van der Waals surface area contributed by atoms with E-state index in [-0.39, 0.29) is 0 Å². The third kappa shape index (κ3) is 1.21. The molecule has 0 amide bonds. The van der Waals surface area contributed by atoms with E-state index < -0.39 is 0 Å². The van der Waals surface area contributed by atoms with E-state index in [0.717, 1.165) is 29.6 Å². The molecular formula is C10H20. The molecule has 0 heterocycles. The number of hydrogen-bond acceptors (Lipinski definition) is 0. The first-order valence-electron chi connectivity index (χ1n) is 4.55. The van der Waals surface area contributed by atoms with Gasteiger partial charge < -0.3 is 0 Å². The molecule has 1 aliphatic rings. The molecule has 0 radical (unpaired) electrons. The van der Waals surface area contributed by atoms with Gasteiger partial charge >= 0.3 is 0 Å². The summed E-state index contributed by atoms with van der Waals surface area (Å²) < 4.78 is 0. The largest absolute Gasteiger partial charge is 0.0625 e. The molecule has 0 nitrogen and oxygen atoms in total. The molecule has 1 saturated carbocycles. The van der Waals surface area contributed by atoms with Crippen LogP contribution < -0.4 is 0 Å². The van der Waals surface area contributed by atoms with Gasteiger partial charge in [0.2, 0.25) is 0 Å². The van der Waals surface area contributed by atoms with Crippen molar-refractivity contribution in [2.24, 2.45) is 29.6 Å². The average Bonchev–Trinajstić information content (AvgIpc) is 2.40. The van der Waals surface area contributed by atoms with Gasteiger partial charge in [0.15, 0.2) is 0 Å². The predicted octanol–water partition coefficient (Wildman–Crippen LogP) is 3.18. The summed E-state index contributed by atoms with van der Waals surface area (Å²) in [6.45, 7) is 11.8. The molecular weight excluding hydrogens is 120 g/mol. The standard InChI is InChI=1S/C10H20/c1-6(2)9-8(5)10(9)7(3)4/h6-10H,1-5H3. The van der Waals surface area contributed by atoms with Gasteiger partial charge in [0.05, 0.1) is 0 Å². The molecule has 2 atom stereocenters. The van der Waals surface area contributed by atoms with Gasteiger partial charge in [0.1, 0.15) is 0 Å². The van der Waals surface area contributed by atoms with Gasteiger partial charge in [-0.1, -0.05) is 34.6 Å². The van der Waals surface area contributed by atoms with Crippen LogP contribution in [0.4, 0.5) is 0 Å². The molecule has 0 aromatic carbocycles. The Kier molecular flexibility index (Phi) is 2.07. The molecule has 0 bridgehead atoms. The zero-order valence-corrected chi connectivity index (χ0v) is 7.89. The topological polar surface area (TPSA) is 0 Å². The minimum Gasteiger partial charge on any atom is -0.0625 e. The monoisotopic (exact) mass is 140 g/mol. The molecule has 10 heavy (non-hydrogen) atoms. The lowest BCUT2D eigenvalue weighted by Crippen LogP contribution is -1.97. The second-order valence-corrected chi connectivity index (χ2v) is 4.50. The van der Waals surface area contributed by atoms with Crippen LogP contribution in [0.3, 0.4) is 0 Å². The second kappa shape index (κ2) is 2.56. The van der Waals surface area contributed by atoms with Crippen molar-refractivity contribution < 1.29 is 0 Å². The Morgan fingerprint density at radius 3 is 1.20 bits per heavy atom. The summed E-state index contributed by atoms with van der Waals surface area (Å²) in [5.41, 5.74) is 0. The summed E-state index contributed by atoms with van der Waals surface area (Å²) in [5.74, 6) is 4.87. The molecule has 0 N–H and O–H groups in total. The molecule has 2 unspecified atom stereocenters. The second-order valence-electron chi connectivity index (χ2n) is 4.50. The maximum Gasteiger partial charge on any atom is -0.0329 e. The van der Waals surface area contributed by atoms with E-state index in [2.05, 4.69) is 34.6 Å². The Bertz CT molecular complexity index is 99.2. The number of hydrogen-bond donors (Lipinski definition) is 0. The number of rotatable bonds is 2. The van der Waals surface area contributed by atoms with Crippen molar-refractivity contribution in [2.75, 3.05) is 0 Å². The lowest BCUT2D eigenvalue weighted by Gasteiger charge is -2.04. The van der Waals surface area contributed by atoms with Crippen LogP contribution in [0, 0.1) is 29.6 Å². The van der Waals surface area contributed by atoms with Gasteiger partial charge in [-0.25, -0.2) is 0 Å². The van der Waals surface area contributed by atoms with Gasteiger partial charge in [-0.05, 0) is 29.6 Å². The zero-order valence-electron chi connectivity index (χ0n) is 7.89. The molecule has 1 fully saturated rings. The van der Waals surface area contributed by atoms with Crippen molar-refractivity contribution in [3.8, 4) is 0 Å². The molecule has 0 aliphatic heterocycles. The van der Waals surface area contributed by atoms with Crippen molar-refractivity contribution in [3.05, 3.63) is 0 Å². The van der Waals surface area contributed by atoms with Gasteiger partial charge in [0, 0.05) is 0 Å². The van der Waals surface area contributed by atoms with Gasteiger partial charge in [-0.3, -0.25) is 0 Å². The first-order valence-corrected chi connectivity index (χ1v) is 4.55. The van der Waals surface area contributed by atoms with Crippen LogP contribution in [-0.2, 0) is 0 Å². The summed E-state index contributed by atoms with van der Waals surface area (Å²) in [6, 6.07) is 0. The molecule has 0 aromatic rings. The van der Waals surface area contributed by atoms with Crippen LogP contribution in [0.25, 0.3) is 0 Å². The Morgan fingerprint density at radius 2 is 1.10 bits per heavy atom. The molecule has 1 rings (SSSR count). The molecule has 0 saturated heterocycles. The maximum atomic E-state index is 2.40. The van der Waals surface area contributed by atoms with Crippen LogP contribution in [0.5, 0.6) is 0 Å². The first-order chi connectivity index (χ1) is 4.55. The van der Waals surface area contributed by atoms with E-state index in [1.807, 2.05) is 0 Å². The van der Waals surface area contributed by atoms with E-state index in [0.29, 0.717) is 0 Å². The Balaban J connectivity index is 2.41. The molecule has 0 heteroatoms. The van der Waals surface area contributed by atoms with E-state index >= 15 is 0 Å². The highest BCUT2D eigenvalue weighted by atomic mass is 14.5. The highest BCUT2D eigenvalue weighted by Gasteiger charge is 2.49. The van der Waals surface area contributed by atoms with Gasteiger partial charge in [-0.2, -0.15) is 0 Å². The van der Waals surface area contributed by atoms with Crippen LogP contribution in [0.2, 0.25) is 0 Å². The molecule has 60 valence electrons. The molecule has 0 aromatic heterocycles. The van der Waals surface area contributed by atoms with Crippen molar-refractivity contribution in [3.63, 3.8) is 0 Å². The van der Waals surface area contributed by atoms with Crippen molar-refractivity contribution in [1.82, 2.24) is 0 Å². The van der Waals surface area contributed by atoms with Crippen molar-refractivity contribution in [1.29, 1.82) is 0 Å². The zero-order chi connectivity index (χ0) is 7.89. The van der Waals surface area contributed by atoms with E-state index in [4.69, 9.17) is 0 Å². The highest BCUT2D eigenvalue weighted by molar-refractivity contribution is 4.96. The summed E-state index contributed by atoms with van der Waals surface area (Å²) in [4.78, 5) is 0. The summed E-state index contributed by atoms with van der Waals surface area (Å²) >= 11 is 0. The van der Waals surface area contributed by atoms with Crippen LogP contribution in [0.1, 0.15) is 34.6 Å². The average molecular weight is 140 g/mol. The minimum atomic E-state index is 0.905. The first kappa shape index (κ1) is 8.10. The third-order valence-corrected chi connectivity index (χ3v) is 3.06. The van der Waals surface area contributed by atoms with Gasteiger partial charge in [0.25, 0.3) is 0 Å². The summed E-state index contributed by atoms with van der Waals surface area (Å²) in [5, 5.41) is 0. The normalized spacial score (nSPS) is 39.3. The van der Waals surface area contributed by atoms with Crippen molar-refractivity contribution in [2.45, 2.75) is 34.6 Å². The van der Waals surface area contributed by atoms with Gasteiger partial charge in [-0.15, -0.1) is 0 Å². The quantitative estimate of drug-likeness (QED) is 0.552. The predicted molar refractivity (Wildman–Crippen MR) is 45.8 cm³/mol.